The lowest BCUT2D eigenvalue weighted by Gasteiger charge is -1.93. The van der Waals surface area contributed by atoms with Crippen LogP contribution >= 0.6 is 0 Å². The molecule has 0 aliphatic heterocycles. The molecule has 0 saturated carbocycles. The fourth-order valence-corrected chi connectivity index (χ4v) is 1.79. The van der Waals surface area contributed by atoms with Gasteiger partial charge in [0.2, 0.25) is 0 Å². The van der Waals surface area contributed by atoms with Crippen LogP contribution in [-0.2, 0) is 0 Å². The van der Waals surface area contributed by atoms with Gasteiger partial charge in [-0.2, -0.15) is 0 Å². The van der Waals surface area contributed by atoms with Crippen molar-refractivity contribution in [1.82, 2.24) is 19.7 Å². The van der Waals surface area contributed by atoms with E-state index in [1.54, 1.807) is 12.5 Å². The third-order valence-corrected chi connectivity index (χ3v) is 2.61. The first-order chi connectivity index (χ1) is 7.77. The Balaban J connectivity index is 2.33. The van der Waals surface area contributed by atoms with E-state index >= 15 is 0 Å². The van der Waals surface area contributed by atoms with E-state index < -0.39 is 0 Å². The Morgan fingerprint density at radius 3 is 2.94 bits per heavy atom. The molecular formula is C10H9N5O. The number of nitrogen functional groups attached to an aromatic ring is 1. The molecule has 0 aliphatic carbocycles. The van der Waals surface area contributed by atoms with Gasteiger partial charge in [-0.15, -0.1) is 0 Å². The molecule has 0 aromatic carbocycles. The monoisotopic (exact) mass is 215 g/mol. The van der Waals surface area contributed by atoms with Crippen LogP contribution in [0.2, 0.25) is 0 Å². The van der Waals surface area contributed by atoms with E-state index in [1.165, 1.54) is 0 Å². The second-order valence-electron chi connectivity index (χ2n) is 3.54. The molecule has 3 aromatic rings. The van der Waals surface area contributed by atoms with E-state index in [0.717, 1.165) is 16.6 Å². The molecule has 0 fully saturated rings. The second-order valence-corrected chi connectivity index (χ2v) is 3.54. The summed E-state index contributed by atoms with van der Waals surface area (Å²) in [5.41, 5.74) is 9.29. The van der Waals surface area contributed by atoms with Crippen molar-refractivity contribution in [2.75, 3.05) is 5.73 Å². The molecule has 3 heterocycles. The Hall–Kier alpha value is -2.37. The number of fused-ring (bicyclic) bond motifs is 1. The van der Waals surface area contributed by atoms with Crippen LogP contribution in [0.3, 0.4) is 0 Å². The van der Waals surface area contributed by atoms with Gasteiger partial charge in [0.25, 0.3) is 0 Å². The van der Waals surface area contributed by atoms with Crippen LogP contribution in [0, 0.1) is 6.92 Å². The van der Waals surface area contributed by atoms with Gasteiger partial charge < -0.3 is 10.1 Å². The van der Waals surface area contributed by atoms with E-state index in [4.69, 9.17) is 5.73 Å². The fraction of sp³-hybridized carbons (Fsp3) is 0.100. The second kappa shape index (κ2) is 3.06. The highest BCUT2D eigenvalue weighted by Gasteiger charge is 2.15. The Morgan fingerprint density at radius 1 is 1.38 bits per heavy atom. The maximum atomic E-state index is 5.67. The van der Waals surface area contributed by atoms with Gasteiger partial charge in [-0.3, -0.25) is 0 Å². The molecule has 0 spiro atoms. The summed E-state index contributed by atoms with van der Waals surface area (Å²) in [4.78, 5) is 4.04. The molecule has 80 valence electrons. The Bertz CT molecular complexity index is 654. The van der Waals surface area contributed by atoms with E-state index in [2.05, 4.69) is 19.9 Å². The number of hydrogen-bond donors (Lipinski definition) is 1. The summed E-state index contributed by atoms with van der Waals surface area (Å²) >= 11 is 0. The molecule has 0 bridgehead atoms. The maximum Gasteiger partial charge on any atom is 0.196 e. The topological polar surface area (TPSA) is 82.2 Å². The van der Waals surface area contributed by atoms with E-state index in [-0.39, 0.29) is 0 Å². The molecule has 6 nitrogen and oxygen atoms in total. The smallest absolute Gasteiger partial charge is 0.196 e. The molecule has 2 N–H and O–H groups in total. The highest BCUT2D eigenvalue weighted by molar-refractivity contribution is 5.78. The zero-order valence-corrected chi connectivity index (χ0v) is 8.58. The van der Waals surface area contributed by atoms with Crippen molar-refractivity contribution in [3.63, 3.8) is 0 Å². The van der Waals surface area contributed by atoms with Gasteiger partial charge in [0.05, 0.1) is 11.8 Å². The fourth-order valence-electron chi connectivity index (χ4n) is 1.79. The van der Waals surface area contributed by atoms with Crippen molar-refractivity contribution >= 4 is 11.3 Å². The van der Waals surface area contributed by atoms with Crippen LogP contribution in [0.1, 0.15) is 5.56 Å². The van der Waals surface area contributed by atoms with Crippen LogP contribution in [0.15, 0.2) is 29.4 Å². The first kappa shape index (κ1) is 8.90. The van der Waals surface area contributed by atoms with Crippen molar-refractivity contribution in [3.8, 4) is 11.3 Å². The Kier molecular flexibility index (Phi) is 1.70. The number of aromatic nitrogens is 4. The number of nitrogens with two attached hydrogens (primary N) is 1. The highest BCUT2D eigenvalue weighted by Crippen LogP contribution is 2.29. The Labute approximate surface area is 90.7 Å². The molecule has 3 aromatic heterocycles. The minimum atomic E-state index is 0.298. The number of anilines is 1. The molecule has 16 heavy (non-hydrogen) atoms. The van der Waals surface area contributed by atoms with Crippen molar-refractivity contribution in [1.29, 1.82) is 0 Å². The van der Waals surface area contributed by atoms with Crippen LogP contribution in [-0.4, -0.2) is 19.7 Å². The van der Waals surface area contributed by atoms with Crippen LogP contribution in [0.4, 0.5) is 5.82 Å². The summed E-state index contributed by atoms with van der Waals surface area (Å²) in [6, 6.07) is 1.93. The van der Waals surface area contributed by atoms with E-state index in [0.29, 0.717) is 11.5 Å². The van der Waals surface area contributed by atoms with Crippen molar-refractivity contribution in [2.24, 2.45) is 0 Å². The number of aryl methyl sites for hydroxylation is 1. The number of rotatable bonds is 1. The van der Waals surface area contributed by atoms with Crippen LogP contribution in [0.5, 0.6) is 0 Å². The molecule has 0 aliphatic rings. The zero-order chi connectivity index (χ0) is 11.1. The van der Waals surface area contributed by atoms with Gasteiger partial charge in [-0.25, -0.2) is 9.61 Å². The van der Waals surface area contributed by atoms with Crippen LogP contribution < -0.4 is 5.73 Å². The predicted molar refractivity (Wildman–Crippen MR) is 57.6 cm³/mol. The first-order valence-corrected chi connectivity index (χ1v) is 4.77. The van der Waals surface area contributed by atoms with E-state index in [1.807, 2.05) is 23.6 Å². The van der Waals surface area contributed by atoms with Gasteiger partial charge in [0, 0.05) is 18.0 Å². The van der Waals surface area contributed by atoms with Crippen molar-refractivity contribution in [3.05, 3.63) is 30.4 Å². The highest BCUT2D eigenvalue weighted by atomic mass is 16.6. The summed E-state index contributed by atoms with van der Waals surface area (Å²) in [7, 11) is 0. The molecule has 3 rings (SSSR count). The van der Waals surface area contributed by atoms with Gasteiger partial charge in [0.1, 0.15) is 0 Å². The standard InChI is InChI=1S/C10H9N5O/c1-6-7(9-10(11)14-16-13-9)4-15-5-12-3-2-8(6)15/h2-5H,1H3,(H2,11,14). The minimum absolute atomic E-state index is 0.298. The summed E-state index contributed by atoms with van der Waals surface area (Å²) in [5.74, 6) is 0.298. The number of nitrogens with zero attached hydrogens (tertiary/aromatic N) is 4. The van der Waals surface area contributed by atoms with Gasteiger partial charge in [-0.1, -0.05) is 0 Å². The lowest BCUT2D eigenvalue weighted by molar-refractivity contribution is 0.310. The van der Waals surface area contributed by atoms with Gasteiger partial charge in [0.15, 0.2) is 11.5 Å². The molecule has 6 heteroatoms. The van der Waals surface area contributed by atoms with E-state index in [9.17, 15) is 0 Å². The summed E-state index contributed by atoms with van der Waals surface area (Å²) in [6.07, 6.45) is 5.39. The lowest BCUT2D eigenvalue weighted by Crippen LogP contribution is -1.88. The quantitative estimate of drug-likeness (QED) is 0.661. The van der Waals surface area contributed by atoms with Gasteiger partial charge in [-0.05, 0) is 28.9 Å². The molecule has 0 radical (unpaired) electrons. The minimum Gasteiger partial charge on any atom is -0.379 e. The molecular weight excluding hydrogens is 206 g/mol. The maximum absolute atomic E-state index is 5.67. The largest absolute Gasteiger partial charge is 0.379 e. The van der Waals surface area contributed by atoms with Crippen molar-refractivity contribution in [2.45, 2.75) is 6.92 Å². The third-order valence-electron chi connectivity index (χ3n) is 2.61. The van der Waals surface area contributed by atoms with Gasteiger partial charge >= 0.3 is 0 Å². The lowest BCUT2D eigenvalue weighted by atomic mass is 10.1. The molecule has 0 atom stereocenters. The van der Waals surface area contributed by atoms with Crippen LogP contribution in [0.25, 0.3) is 16.8 Å². The summed E-state index contributed by atoms with van der Waals surface area (Å²) in [6.45, 7) is 2.00. The van der Waals surface area contributed by atoms with Crippen molar-refractivity contribution < 1.29 is 4.63 Å². The molecule has 0 unspecified atom stereocenters. The summed E-state index contributed by atoms with van der Waals surface area (Å²) in [5, 5.41) is 7.37. The zero-order valence-electron chi connectivity index (χ0n) is 8.58. The predicted octanol–water partition coefficient (Wildman–Crippen LogP) is 1.27. The third kappa shape index (κ3) is 1.10. The first-order valence-electron chi connectivity index (χ1n) is 4.77. The summed E-state index contributed by atoms with van der Waals surface area (Å²) < 4.78 is 6.52. The average molecular weight is 215 g/mol. The molecule has 0 amide bonds. The normalized spacial score (nSPS) is 11.1. The average Bonchev–Trinajstić information content (AvgIpc) is 2.84. The number of hydrogen-bond acceptors (Lipinski definition) is 5. The SMILES string of the molecule is Cc1c(-c2nonc2N)cn2cnccc12. The molecule has 0 saturated heterocycles. The Morgan fingerprint density at radius 2 is 2.25 bits per heavy atom.